The van der Waals surface area contributed by atoms with Gasteiger partial charge in [-0.2, -0.15) is 0 Å². The molecule has 0 aliphatic heterocycles. The van der Waals surface area contributed by atoms with Crippen LogP contribution in [-0.2, 0) is 0 Å². The van der Waals surface area contributed by atoms with E-state index in [1.165, 1.54) is 10.9 Å². The highest BCUT2D eigenvalue weighted by atomic mass is 14.9. The second-order valence-corrected chi connectivity index (χ2v) is 4.89. The van der Waals surface area contributed by atoms with E-state index in [-0.39, 0.29) is 0 Å². The molecule has 2 rings (SSSR count). The third-order valence-corrected chi connectivity index (χ3v) is 3.09. The van der Waals surface area contributed by atoms with Gasteiger partial charge in [0.1, 0.15) is 0 Å². The first-order valence-electron chi connectivity index (χ1n) is 6.23. The lowest BCUT2D eigenvalue weighted by atomic mass is 9.95. The fourth-order valence-corrected chi connectivity index (χ4v) is 2.28. The molecule has 1 atom stereocenters. The van der Waals surface area contributed by atoms with E-state index in [1.807, 2.05) is 19.3 Å². The SMILES string of the molecule is CNC(CC(C)C)c1cccc2cccnc12. The molecule has 17 heavy (non-hydrogen) atoms. The minimum absolute atomic E-state index is 0.383. The van der Waals surface area contributed by atoms with Crippen molar-refractivity contribution >= 4 is 10.9 Å². The molecule has 0 aliphatic rings. The van der Waals surface area contributed by atoms with Gasteiger partial charge in [0.25, 0.3) is 0 Å². The summed E-state index contributed by atoms with van der Waals surface area (Å²) in [7, 11) is 2.02. The number of hydrogen-bond acceptors (Lipinski definition) is 2. The van der Waals surface area contributed by atoms with E-state index in [0.717, 1.165) is 11.9 Å². The summed E-state index contributed by atoms with van der Waals surface area (Å²) in [5.41, 5.74) is 2.43. The fourth-order valence-electron chi connectivity index (χ4n) is 2.28. The van der Waals surface area contributed by atoms with Crippen molar-refractivity contribution in [3.8, 4) is 0 Å². The van der Waals surface area contributed by atoms with E-state index in [1.54, 1.807) is 0 Å². The van der Waals surface area contributed by atoms with Gasteiger partial charge in [-0.25, -0.2) is 0 Å². The highest BCUT2D eigenvalue weighted by molar-refractivity contribution is 5.81. The topological polar surface area (TPSA) is 24.9 Å². The maximum absolute atomic E-state index is 4.52. The van der Waals surface area contributed by atoms with Crippen LogP contribution in [0.25, 0.3) is 10.9 Å². The second-order valence-electron chi connectivity index (χ2n) is 4.89. The van der Waals surface area contributed by atoms with E-state index in [9.17, 15) is 0 Å². The molecule has 0 saturated heterocycles. The molecule has 0 bridgehead atoms. The number of para-hydroxylation sites is 1. The van der Waals surface area contributed by atoms with E-state index in [0.29, 0.717) is 12.0 Å². The van der Waals surface area contributed by atoms with Gasteiger partial charge >= 0.3 is 0 Å². The summed E-state index contributed by atoms with van der Waals surface area (Å²) in [5, 5.41) is 4.62. The Labute approximate surface area is 103 Å². The molecule has 1 heterocycles. The normalized spacial score (nSPS) is 13.2. The van der Waals surface area contributed by atoms with Crippen molar-refractivity contribution in [3.05, 3.63) is 42.1 Å². The third-order valence-electron chi connectivity index (χ3n) is 3.09. The number of fused-ring (bicyclic) bond motifs is 1. The van der Waals surface area contributed by atoms with Crippen molar-refractivity contribution in [2.75, 3.05) is 7.05 Å². The summed E-state index contributed by atoms with van der Waals surface area (Å²) >= 11 is 0. The summed E-state index contributed by atoms with van der Waals surface area (Å²) in [6.45, 7) is 4.51. The van der Waals surface area contributed by atoms with Gasteiger partial charge in [0.15, 0.2) is 0 Å². The molecule has 0 radical (unpaired) electrons. The molecule has 0 fully saturated rings. The van der Waals surface area contributed by atoms with Crippen molar-refractivity contribution in [2.24, 2.45) is 5.92 Å². The van der Waals surface area contributed by atoms with Gasteiger partial charge in [-0.3, -0.25) is 4.98 Å². The number of hydrogen-bond donors (Lipinski definition) is 1. The molecule has 1 aromatic heterocycles. The molecule has 0 aliphatic carbocycles. The smallest absolute Gasteiger partial charge is 0.0749 e. The Hall–Kier alpha value is -1.41. The van der Waals surface area contributed by atoms with Crippen molar-refractivity contribution in [3.63, 3.8) is 0 Å². The van der Waals surface area contributed by atoms with Crippen LogP contribution in [0, 0.1) is 5.92 Å². The van der Waals surface area contributed by atoms with Crippen molar-refractivity contribution in [2.45, 2.75) is 26.3 Å². The van der Waals surface area contributed by atoms with Gasteiger partial charge in [-0.15, -0.1) is 0 Å². The summed E-state index contributed by atoms with van der Waals surface area (Å²) < 4.78 is 0. The Morgan fingerprint density at radius 1 is 1.18 bits per heavy atom. The number of pyridine rings is 1. The summed E-state index contributed by atoms with van der Waals surface area (Å²) in [5.74, 6) is 0.673. The highest BCUT2D eigenvalue weighted by Crippen LogP contribution is 2.26. The lowest BCUT2D eigenvalue weighted by Crippen LogP contribution is -2.18. The summed E-state index contributed by atoms with van der Waals surface area (Å²) in [6, 6.07) is 10.9. The predicted octanol–water partition coefficient (Wildman–Crippen LogP) is 3.54. The monoisotopic (exact) mass is 228 g/mol. The average Bonchev–Trinajstić information content (AvgIpc) is 2.35. The van der Waals surface area contributed by atoms with Crippen LogP contribution >= 0.6 is 0 Å². The highest BCUT2D eigenvalue weighted by Gasteiger charge is 2.14. The van der Waals surface area contributed by atoms with Gasteiger partial charge in [0.05, 0.1) is 5.52 Å². The molecular weight excluding hydrogens is 208 g/mol. The molecule has 0 amide bonds. The quantitative estimate of drug-likeness (QED) is 0.865. The zero-order valence-electron chi connectivity index (χ0n) is 10.8. The first kappa shape index (κ1) is 12.1. The van der Waals surface area contributed by atoms with Crippen LogP contribution in [0.3, 0.4) is 0 Å². The van der Waals surface area contributed by atoms with E-state index >= 15 is 0 Å². The molecule has 2 aromatic rings. The molecule has 0 saturated carbocycles. The lowest BCUT2D eigenvalue weighted by molar-refractivity contribution is 0.458. The van der Waals surface area contributed by atoms with E-state index in [4.69, 9.17) is 0 Å². The summed E-state index contributed by atoms with van der Waals surface area (Å²) in [4.78, 5) is 4.52. The third kappa shape index (κ3) is 2.64. The number of nitrogens with zero attached hydrogens (tertiary/aromatic N) is 1. The number of nitrogens with one attached hydrogen (secondary N) is 1. The van der Waals surface area contributed by atoms with Crippen molar-refractivity contribution in [1.82, 2.24) is 10.3 Å². The molecule has 1 unspecified atom stereocenters. The van der Waals surface area contributed by atoms with Crippen LogP contribution in [0.1, 0.15) is 31.9 Å². The molecule has 90 valence electrons. The predicted molar refractivity (Wildman–Crippen MR) is 73.0 cm³/mol. The molecular formula is C15H20N2. The molecule has 2 nitrogen and oxygen atoms in total. The maximum Gasteiger partial charge on any atom is 0.0749 e. The lowest BCUT2D eigenvalue weighted by Gasteiger charge is -2.20. The van der Waals surface area contributed by atoms with Crippen molar-refractivity contribution in [1.29, 1.82) is 0 Å². The minimum Gasteiger partial charge on any atom is -0.313 e. The van der Waals surface area contributed by atoms with Crippen LogP contribution in [-0.4, -0.2) is 12.0 Å². The zero-order chi connectivity index (χ0) is 12.3. The van der Waals surface area contributed by atoms with Crippen LogP contribution in [0.4, 0.5) is 0 Å². The average molecular weight is 228 g/mol. The van der Waals surface area contributed by atoms with Crippen LogP contribution in [0.2, 0.25) is 0 Å². The first-order valence-corrected chi connectivity index (χ1v) is 6.23. The summed E-state index contributed by atoms with van der Waals surface area (Å²) in [6.07, 6.45) is 3.00. The zero-order valence-corrected chi connectivity index (χ0v) is 10.8. The van der Waals surface area contributed by atoms with Gasteiger partial charge in [0, 0.05) is 17.6 Å². The van der Waals surface area contributed by atoms with Gasteiger partial charge in [-0.05, 0) is 31.0 Å². The standard InChI is InChI=1S/C15H20N2/c1-11(2)10-14(16-3)13-8-4-6-12-7-5-9-17-15(12)13/h4-9,11,14,16H,10H2,1-3H3. The van der Waals surface area contributed by atoms with Crippen molar-refractivity contribution < 1.29 is 0 Å². The number of benzene rings is 1. The Kier molecular flexibility index (Phi) is 3.75. The van der Waals surface area contributed by atoms with Gasteiger partial charge < -0.3 is 5.32 Å². The Morgan fingerprint density at radius 3 is 2.65 bits per heavy atom. The molecule has 2 heteroatoms. The van der Waals surface area contributed by atoms with Crippen LogP contribution < -0.4 is 5.32 Å². The Bertz CT molecular complexity index is 486. The Balaban J connectivity index is 2.46. The Morgan fingerprint density at radius 2 is 1.94 bits per heavy atom. The minimum atomic E-state index is 0.383. The van der Waals surface area contributed by atoms with E-state index < -0.39 is 0 Å². The number of aromatic nitrogens is 1. The van der Waals surface area contributed by atoms with Gasteiger partial charge in [0.2, 0.25) is 0 Å². The van der Waals surface area contributed by atoms with Gasteiger partial charge in [-0.1, -0.05) is 38.1 Å². The second kappa shape index (κ2) is 5.28. The van der Waals surface area contributed by atoms with Crippen LogP contribution in [0.5, 0.6) is 0 Å². The molecule has 0 spiro atoms. The number of rotatable bonds is 4. The fraction of sp³-hybridized carbons (Fsp3) is 0.400. The molecule has 1 N–H and O–H groups in total. The van der Waals surface area contributed by atoms with Crippen LogP contribution in [0.15, 0.2) is 36.5 Å². The largest absolute Gasteiger partial charge is 0.313 e. The first-order chi connectivity index (χ1) is 8.22. The maximum atomic E-state index is 4.52. The van der Waals surface area contributed by atoms with E-state index in [2.05, 4.69) is 48.4 Å². The molecule has 1 aromatic carbocycles.